The van der Waals surface area contributed by atoms with E-state index in [1.165, 1.54) is 0 Å². The summed E-state index contributed by atoms with van der Waals surface area (Å²) in [7, 11) is 0. The zero-order valence-corrected chi connectivity index (χ0v) is 10.2. The summed E-state index contributed by atoms with van der Waals surface area (Å²) >= 11 is 1.84. The van der Waals surface area contributed by atoms with Gasteiger partial charge in [-0.2, -0.15) is 0 Å². The second-order valence-electron chi connectivity index (χ2n) is 3.57. The Morgan fingerprint density at radius 2 is 2.21 bits per heavy atom. The fraction of sp³-hybridized carbons (Fsp3) is 0.900. The Hall–Kier alpha value is -0.220. The van der Waals surface area contributed by atoms with E-state index in [0.29, 0.717) is 6.04 Å². The molecule has 0 saturated carbocycles. The maximum atomic E-state index is 4.54. The zero-order valence-electron chi connectivity index (χ0n) is 9.42. The molecule has 82 valence electrons. The van der Waals surface area contributed by atoms with E-state index in [4.69, 9.17) is 0 Å². The second kappa shape index (κ2) is 6.30. The fourth-order valence-electron chi connectivity index (χ4n) is 1.42. The first kappa shape index (κ1) is 11.9. The Morgan fingerprint density at radius 1 is 1.50 bits per heavy atom. The molecule has 4 heteroatoms. The van der Waals surface area contributed by atoms with Crippen molar-refractivity contribution >= 4 is 16.9 Å². The van der Waals surface area contributed by atoms with E-state index in [-0.39, 0.29) is 0 Å². The Labute approximate surface area is 91.3 Å². The molecular weight excluding hydrogens is 194 g/mol. The van der Waals surface area contributed by atoms with Crippen LogP contribution in [0.3, 0.4) is 0 Å². The Morgan fingerprint density at radius 3 is 2.71 bits per heavy atom. The van der Waals surface area contributed by atoms with Crippen LogP contribution < -0.4 is 5.32 Å². The summed E-state index contributed by atoms with van der Waals surface area (Å²) in [6.45, 7) is 10.8. The number of hydrogen-bond donors (Lipinski definition) is 1. The van der Waals surface area contributed by atoms with Gasteiger partial charge in [-0.05, 0) is 20.0 Å². The average Bonchev–Trinajstić information content (AvgIpc) is 2.59. The summed E-state index contributed by atoms with van der Waals surface area (Å²) in [6.07, 6.45) is 0. The molecule has 1 heterocycles. The van der Waals surface area contributed by atoms with Crippen LogP contribution in [0.25, 0.3) is 0 Å². The normalized spacial score (nSPS) is 24.6. The lowest BCUT2D eigenvalue weighted by Crippen LogP contribution is -2.27. The van der Waals surface area contributed by atoms with E-state index in [1.54, 1.807) is 0 Å². The molecule has 0 amide bonds. The molecule has 1 unspecified atom stereocenters. The molecule has 1 aliphatic heterocycles. The van der Waals surface area contributed by atoms with Crippen LogP contribution in [-0.4, -0.2) is 48.0 Å². The lowest BCUT2D eigenvalue weighted by atomic mass is 10.4. The van der Waals surface area contributed by atoms with Crippen molar-refractivity contribution in [1.29, 1.82) is 0 Å². The molecule has 3 nitrogen and oxygen atoms in total. The average molecular weight is 215 g/mol. The molecule has 1 saturated heterocycles. The van der Waals surface area contributed by atoms with Gasteiger partial charge in [-0.25, -0.2) is 0 Å². The summed E-state index contributed by atoms with van der Waals surface area (Å²) in [5.74, 6) is 1.16. The van der Waals surface area contributed by atoms with Crippen molar-refractivity contribution in [2.75, 3.05) is 31.9 Å². The quantitative estimate of drug-likeness (QED) is 0.751. The van der Waals surface area contributed by atoms with Gasteiger partial charge >= 0.3 is 0 Å². The lowest BCUT2D eigenvalue weighted by molar-refractivity contribution is 0.313. The highest BCUT2D eigenvalue weighted by Gasteiger charge is 2.14. The molecule has 0 aliphatic carbocycles. The number of nitrogens with zero attached hydrogens (tertiary/aromatic N) is 2. The van der Waals surface area contributed by atoms with E-state index in [0.717, 1.165) is 37.1 Å². The van der Waals surface area contributed by atoms with Crippen LogP contribution in [0, 0.1) is 0 Å². The number of aliphatic imine (C=N–C) groups is 1. The van der Waals surface area contributed by atoms with Crippen molar-refractivity contribution in [1.82, 2.24) is 10.2 Å². The van der Waals surface area contributed by atoms with E-state index >= 15 is 0 Å². The van der Waals surface area contributed by atoms with Crippen LogP contribution in [0.4, 0.5) is 0 Å². The monoisotopic (exact) mass is 215 g/mol. The van der Waals surface area contributed by atoms with E-state index in [2.05, 4.69) is 36.0 Å². The highest BCUT2D eigenvalue weighted by molar-refractivity contribution is 8.14. The van der Waals surface area contributed by atoms with Gasteiger partial charge in [-0.15, -0.1) is 0 Å². The van der Waals surface area contributed by atoms with Crippen molar-refractivity contribution in [2.24, 2.45) is 4.99 Å². The molecular formula is C10H21N3S. The maximum Gasteiger partial charge on any atom is 0.156 e. The third kappa shape index (κ3) is 3.88. The molecule has 1 aliphatic rings. The number of amidine groups is 1. The number of rotatable bonds is 5. The summed E-state index contributed by atoms with van der Waals surface area (Å²) in [5, 5.41) is 4.49. The molecule has 1 rings (SSSR count). The number of thioether (sulfide) groups is 1. The highest BCUT2D eigenvalue weighted by Crippen LogP contribution is 2.12. The minimum atomic E-state index is 0.590. The topological polar surface area (TPSA) is 27.6 Å². The molecule has 1 N–H and O–H groups in total. The first-order valence-electron chi connectivity index (χ1n) is 5.42. The standard InChI is InChI=1S/C10H21N3S/c1-4-13(5-2)7-6-11-10-12-9(3)8-14-10/h9H,4-8H2,1-3H3,(H,11,12). The van der Waals surface area contributed by atoms with Gasteiger partial charge in [-0.3, -0.25) is 4.99 Å². The predicted molar refractivity (Wildman–Crippen MR) is 65.1 cm³/mol. The molecule has 0 aromatic heterocycles. The van der Waals surface area contributed by atoms with Gasteiger partial charge in [0.2, 0.25) is 0 Å². The smallest absolute Gasteiger partial charge is 0.156 e. The third-order valence-corrected chi connectivity index (χ3v) is 3.59. The minimum absolute atomic E-state index is 0.590. The van der Waals surface area contributed by atoms with Crippen molar-refractivity contribution in [3.05, 3.63) is 0 Å². The Kier molecular flexibility index (Phi) is 5.33. The molecule has 14 heavy (non-hydrogen) atoms. The Bertz CT molecular complexity index is 190. The van der Waals surface area contributed by atoms with Crippen molar-refractivity contribution in [2.45, 2.75) is 26.8 Å². The van der Waals surface area contributed by atoms with Crippen molar-refractivity contribution in [3.63, 3.8) is 0 Å². The van der Waals surface area contributed by atoms with Crippen LogP contribution >= 0.6 is 11.8 Å². The summed E-state index contributed by atoms with van der Waals surface area (Å²) in [5.41, 5.74) is 0. The third-order valence-electron chi connectivity index (χ3n) is 2.41. The van der Waals surface area contributed by atoms with Crippen LogP contribution in [0.1, 0.15) is 20.8 Å². The molecule has 0 radical (unpaired) electrons. The van der Waals surface area contributed by atoms with Gasteiger partial charge in [0.05, 0.1) is 6.54 Å². The first-order valence-corrected chi connectivity index (χ1v) is 6.41. The maximum absolute atomic E-state index is 4.54. The van der Waals surface area contributed by atoms with Gasteiger partial charge in [0.1, 0.15) is 0 Å². The minimum Gasteiger partial charge on any atom is -0.362 e. The largest absolute Gasteiger partial charge is 0.362 e. The molecule has 0 bridgehead atoms. The number of likely N-dealkylation sites (N-methyl/N-ethyl adjacent to an activating group) is 1. The zero-order chi connectivity index (χ0) is 10.4. The molecule has 0 aromatic carbocycles. The Balaban J connectivity index is 2.19. The first-order chi connectivity index (χ1) is 6.76. The summed E-state index contributed by atoms with van der Waals surface area (Å²) in [4.78, 5) is 6.93. The van der Waals surface area contributed by atoms with Crippen LogP contribution in [0.15, 0.2) is 4.99 Å². The van der Waals surface area contributed by atoms with E-state index < -0.39 is 0 Å². The van der Waals surface area contributed by atoms with Crippen LogP contribution in [-0.2, 0) is 0 Å². The summed E-state index contributed by atoms with van der Waals surface area (Å²) in [6, 6.07) is 0.590. The molecule has 1 atom stereocenters. The lowest BCUT2D eigenvalue weighted by Gasteiger charge is -2.16. The van der Waals surface area contributed by atoms with Crippen molar-refractivity contribution in [3.8, 4) is 0 Å². The predicted octanol–water partition coefficient (Wildman–Crippen LogP) is 1.41. The van der Waals surface area contributed by atoms with Gasteiger partial charge in [0, 0.05) is 18.3 Å². The molecule has 1 fully saturated rings. The fourth-order valence-corrected chi connectivity index (χ4v) is 2.38. The van der Waals surface area contributed by atoms with Gasteiger partial charge in [0.25, 0.3) is 0 Å². The van der Waals surface area contributed by atoms with E-state index in [9.17, 15) is 0 Å². The van der Waals surface area contributed by atoms with Crippen molar-refractivity contribution < 1.29 is 0 Å². The SMILES string of the molecule is CCN(CC)CCN=C1NC(C)CS1. The van der Waals surface area contributed by atoms with Gasteiger partial charge in [0.15, 0.2) is 5.17 Å². The van der Waals surface area contributed by atoms with Crippen LogP contribution in [0.5, 0.6) is 0 Å². The number of hydrogen-bond acceptors (Lipinski definition) is 3. The molecule has 0 spiro atoms. The summed E-state index contributed by atoms with van der Waals surface area (Å²) < 4.78 is 0. The second-order valence-corrected chi connectivity index (χ2v) is 4.58. The van der Waals surface area contributed by atoms with Gasteiger partial charge in [-0.1, -0.05) is 25.6 Å². The van der Waals surface area contributed by atoms with Crippen LogP contribution in [0.2, 0.25) is 0 Å². The van der Waals surface area contributed by atoms with Gasteiger partial charge < -0.3 is 10.2 Å². The highest BCUT2D eigenvalue weighted by atomic mass is 32.2. The van der Waals surface area contributed by atoms with E-state index in [1.807, 2.05) is 11.8 Å². The molecule has 0 aromatic rings. The number of nitrogens with one attached hydrogen (secondary N) is 1.